The number of carbonyl (C=O) groups excluding carboxylic acids is 1. The number of ether oxygens (including phenoxy) is 4. The molecule has 2 aliphatic carbocycles. The standard InChI is InChI=1S/C40H52ClN3O10/c1-4-18-43(39(47)51-22-17-41)36-26-34(42-50-3)32-23-27(11-6-8-19-45)31(14-7-9-20-46)37-33-25-30(53-29-13-10-12-28(24-29)44(48)49)15-16-35(33)54-40(36,38(32)37)52-21-5-2/h5,10,12-13,15-16,23-25,27,31,36-38,45-46H,2,4,6-9,11,14,17-22,26H2,1,3H3/t27-,31+,36-,37+,38+,40+/m0/s1. The Morgan fingerprint density at radius 1 is 1.15 bits per heavy atom. The molecule has 2 aromatic carbocycles. The molecule has 0 aromatic heterocycles. The number of non-ortho nitro benzene ring substituents is 1. The zero-order valence-corrected chi connectivity index (χ0v) is 31.8. The molecule has 1 aliphatic heterocycles. The highest BCUT2D eigenvalue weighted by molar-refractivity contribution is 6.18. The maximum atomic E-state index is 13.9. The van der Waals surface area contributed by atoms with Gasteiger partial charge in [0.15, 0.2) is 0 Å². The van der Waals surface area contributed by atoms with E-state index < -0.39 is 28.8 Å². The van der Waals surface area contributed by atoms with E-state index in [0.717, 1.165) is 36.8 Å². The van der Waals surface area contributed by atoms with Crippen LogP contribution in [0.2, 0.25) is 0 Å². The molecule has 1 amide bonds. The number of benzene rings is 2. The van der Waals surface area contributed by atoms with Gasteiger partial charge in [-0.05, 0) is 73.8 Å². The molecule has 2 aromatic rings. The molecule has 0 spiro atoms. The minimum atomic E-state index is -1.42. The van der Waals surface area contributed by atoms with Crippen LogP contribution in [0.1, 0.15) is 69.8 Å². The first kappa shape index (κ1) is 41.0. The van der Waals surface area contributed by atoms with Gasteiger partial charge in [-0.15, -0.1) is 18.2 Å². The van der Waals surface area contributed by atoms with E-state index in [-0.39, 0.29) is 62.2 Å². The Kier molecular flexibility index (Phi) is 14.8. The van der Waals surface area contributed by atoms with Gasteiger partial charge in [-0.3, -0.25) is 15.0 Å². The van der Waals surface area contributed by atoms with Gasteiger partial charge in [-0.25, -0.2) is 4.79 Å². The first-order valence-corrected chi connectivity index (χ1v) is 19.3. The second-order valence-electron chi connectivity index (χ2n) is 13.8. The van der Waals surface area contributed by atoms with Crippen LogP contribution in [0.5, 0.6) is 17.2 Å². The molecule has 1 heterocycles. The number of carbonyl (C=O) groups is 1. The van der Waals surface area contributed by atoms with Gasteiger partial charge < -0.3 is 34.0 Å². The number of rotatable bonds is 20. The minimum absolute atomic E-state index is 0.0109. The van der Waals surface area contributed by atoms with Crippen LogP contribution in [0.25, 0.3) is 0 Å². The number of fused-ring (bicyclic) bond motifs is 2. The average molecular weight is 770 g/mol. The molecule has 14 heteroatoms. The number of nitrogens with zero attached hydrogens (tertiary/aromatic N) is 3. The monoisotopic (exact) mass is 769 g/mol. The number of hydrogen-bond acceptors (Lipinski definition) is 11. The van der Waals surface area contributed by atoms with Crippen LogP contribution in [-0.2, 0) is 14.3 Å². The fourth-order valence-corrected chi connectivity index (χ4v) is 8.52. The fraction of sp³-hybridized carbons (Fsp3) is 0.550. The van der Waals surface area contributed by atoms with E-state index in [4.69, 9.17) is 35.4 Å². The number of oxime groups is 1. The van der Waals surface area contributed by atoms with Crippen molar-refractivity contribution in [3.8, 4) is 17.2 Å². The van der Waals surface area contributed by atoms with Crippen molar-refractivity contribution in [3.63, 3.8) is 0 Å². The summed E-state index contributed by atoms with van der Waals surface area (Å²) in [4.78, 5) is 32.1. The smallest absolute Gasteiger partial charge is 0.410 e. The summed E-state index contributed by atoms with van der Waals surface area (Å²) in [7, 11) is 1.50. The first-order chi connectivity index (χ1) is 26.3. The van der Waals surface area contributed by atoms with Crippen molar-refractivity contribution in [1.29, 1.82) is 0 Å². The Morgan fingerprint density at radius 2 is 1.91 bits per heavy atom. The predicted molar refractivity (Wildman–Crippen MR) is 204 cm³/mol. The number of hydrogen-bond donors (Lipinski definition) is 2. The van der Waals surface area contributed by atoms with Crippen molar-refractivity contribution in [2.45, 2.75) is 76.0 Å². The third-order valence-corrected chi connectivity index (χ3v) is 10.6. The molecule has 6 atom stereocenters. The van der Waals surface area contributed by atoms with Crippen molar-refractivity contribution >= 4 is 29.1 Å². The van der Waals surface area contributed by atoms with Crippen LogP contribution < -0.4 is 9.47 Å². The molecule has 1 saturated carbocycles. The van der Waals surface area contributed by atoms with Gasteiger partial charge in [0, 0.05) is 43.7 Å². The van der Waals surface area contributed by atoms with E-state index in [2.05, 4.69) is 17.8 Å². The van der Waals surface area contributed by atoms with E-state index in [0.29, 0.717) is 48.8 Å². The van der Waals surface area contributed by atoms with Crippen molar-refractivity contribution in [1.82, 2.24) is 4.90 Å². The molecule has 13 nitrogen and oxygen atoms in total. The van der Waals surface area contributed by atoms with Gasteiger partial charge in [0.05, 0.1) is 35.1 Å². The Hall–Kier alpha value is -4.17. The lowest BCUT2D eigenvalue weighted by atomic mass is 9.55. The number of halogens is 1. The molecule has 2 N–H and O–H groups in total. The van der Waals surface area contributed by atoms with Gasteiger partial charge in [0.2, 0.25) is 5.79 Å². The highest BCUT2D eigenvalue weighted by atomic mass is 35.5. The van der Waals surface area contributed by atoms with Crippen LogP contribution >= 0.6 is 11.6 Å². The second kappa shape index (κ2) is 19.4. The maximum Gasteiger partial charge on any atom is 0.410 e. The number of aliphatic hydroxyl groups is 2. The molecule has 5 rings (SSSR count). The molecular formula is C40H52ClN3O10. The Balaban J connectivity index is 1.75. The number of nitro benzene ring substituents is 1. The number of alkyl halides is 1. The lowest BCUT2D eigenvalue weighted by Crippen LogP contribution is -2.70. The molecule has 0 radical (unpaired) electrons. The van der Waals surface area contributed by atoms with Gasteiger partial charge in [0.25, 0.3) is 5.69 Å². The molecule has 3 aliphatic rings. The van der Waals surface area contributed by atoms with Gasteiger partial charge in [-0.1, -0.05) is 43.1 Å². The largest absolute Gasteiger partial charge is 0.459 e. The molecule has 54 heavy (non-hydrogen) atoms. The predicted octanol–water partition coefficient (Wildman–Crippen LogP) is 7.74. The van der Waals surface area contributed by atoms with Crippen molar-refractivity contribution in [3.05, 3.63) is 82.4 Å². The van der Waals surface area contributed by atoms with Crippen molar-refractivity contribution in [2.24, 2.45) is 22.9 Å². The van der Waals surface area contributed by atoms with E-state index in [1.165, 1.54) is 19.2 Å². The fourth-order valence-electron chi connectivity index (χ4n) is 8.44. The van der Waals surface area contributed by atoms with Crippen molar-refractivity contribution in [2.75, 3.05) is 46.0 Å². The number of nitro groups is 1. The number of unbranched alkanes of at least 4 members (excludes halogenated alkanes) is 2. The summed E-state index contributed by atoms with van der Waals surface area (Å²) in [5.41, 5.74) is 2.33. The van der Waals surface area contributed by atoms with Crippen LogP contribution in [0.4, 0.5) is 10.5 Å². The normalized spacial score (nSPS) is 24.7. The summed E-state index contributed by atoms with van der Waals surface area (Å²) >= 11 is 5.95. The first-order valence-electron chi connectivity index (χ1n) is 18.8. The topological polar surface area (TPSA) is 162 Å². The Labute approximate surface area is 321 Å². The summed E-state index contributed by atoms with van der Waals surface area (Å²) in [5.74, 6) is -0.657. The van der Waals surface area contributed by atoms with Crippen LogP contribution in [-0.4, -0.2) is 89.6 Å². The molecule has 0 bridgehead atoms. The van der Waals surface area contributed by atoms with Gasteiger partial charge >= 0.3 is 6.09 Å². The summed E-state index contributed by atoms with van der Waals surface area (Å²) in [5, 5.41) is 35.7. The summed E-state index contributed by atoms with van der Waals surface area (Å²) in [6.45, 7) is 6.58. The molecule has 1 fully saturated rings. The second-order valence-corrected chi connectivity index (χ2v) is 14.2. The zero-order valence-electron chi connectivity index (χ0n) is 31.1. The summed E-state index contributed by atoms with van der Waals surface area (Å²) in [6, 6.07) is 10.8. The van der Waals surface area contributed by atoms with Gasteiger partial charge in [0.1, 0.15) is 37.0 Å². The summed E-state index contributed by atoms with van der Waals surface area (Å²) in [6.07, 6.45) is 8.66. The number of aliphatic hydroxyl groups excluding tert-OH is 2. The van der Waals surface area contributed by atoms with E-state index in [9.17, 15) is 25.1 Å². The van der Waals surface area contributed by atoms with Crippen molar-refractivity contribution < 1.29 is 43.7 Å². The quantitative estimate of drug-likeness (QED) is 0.0448. The van der Waals surface area contributed by atoms with Gasteiger partial charge in [-0.2, -0.15) is 0 Å². The SMILES string of the molecule is C=CCO[C@@]12Oc3ccc(Oc4cccc([N+](=O)[O-])c4)cc3[C@H]3[C@H](CCCCO)[C@@H](CCCCO)C=C(C(=NOC)C[C@@H]1N(CCC)C(=O)OCCCl)[C@H]32. The van der Waals surface area contributed by atoms with Crippen LogP contribution in [0.3, 0.4) is 0 Å². The average Bonchev–Trinajstić information content (AvgIpc) is 3.17. The van der Waals surface area contributed by atoms with Crippen LogP contribution in [0, 0.1) is 27.9 Å². The maximum absolute atomic E-state index is 13.9. The third kappa shape index (κ3) is 8.86. The zero-order chi connectivity index (χ0) is 38.7. The lowest BCUT2D eigenvalue weighted by Gasteiger charge is -2.59. The Morgan fingerprint density at radius 3 is 2.59 bits per heavy atom. The highest BCUT2D eigenvalue weighted by Gasteiger charge is 2.65. The number of allylic oxidation sites excluding steroid dienone is 1. The number of amides is 1. The highest BCUT2D eigenvalue weighted by Crippen LogP contribution is 2.62. The van der Waals surface area contributed by atoms with E-state index >= 15 is 0 Å². The summed E-state index contributed by atoms with van der Waals surface area (Å²) < 4.78 is 25.9. The molecule has 294 valence electrons. The molecule has 0 unspecified atom stereocenters. The molecule has 0 saturated heterocycles. The van der Waals surface area contributed by atoms with E-state index in [1.54, 1.807) is 29.2 Å². The Bertz CT molecular complexity index is 1670. The van der Waals surface area contributed by atoms with Crippen LogP contribution in [0.15, 0.2) is 71.9 Å². The third-order valence-electron chi connectivity index (χ3n) is 10.5. The minimum Gasteiger partial charge on any atom is -0.459 e. The lowest BCUT2D eigenvalue weighted by molar-refractivity contribution is -0.384. The molecular weight excluding hydrogens is 718 g/mol. The van der Waals surface area contributed by atoms with E-state index in [1.807, 2.05) is 19.1 Å².